The quantitative estimate of drug-likeness (QED) is 0.580. The first-order chi connectivity index (χ1) is 13.0. The van der Waals surface area contributed by atoms with E-state index in [9.17, 15) is 14.9 Å². The zero-order valence-electron chi connectivity index (χ0n) is 14.5. The minimum atomic E-state index is -0.502. The molecule has 1 heterocycles. The first kappa shape index (κ1) is 19.2. The first-order valence-electron chi connectivity index (χ1n) is 8.21. The molecule has 2 aromatic rings. The van der Waals surface area contributed by atoms with Gasteiger partial charge in [-0.1, -0.05) is 58.0 Å². The molecular weight excluding hydrogens is 426 g/mol. The van der Waals surface area contributed by atoms with Crippen LogP contribution in [0.5, 0.6) is 0 Å². The fourth-order valence-electron chi connectivity index (χ4n) is 2.76. The molecule has 2 aromatic carbocycles. The summed E-state index contributed by atoms with van der Waals surface area (Å²) in [5.41, 5.74) is 1.59. The average Bonchev–Trinajstić information content (AvgIpc) is 3.00. The van der Waals surface area contributed by atoms with E-state index in [0.29, 0.717) is 17.1 Å². The lowest BCUT2D eigenvalue weighted by Gasteiger charge is -2.18. The predicted molar refractivity (Wildman–Crippen MR) is 110 cm³/mol. The Bertz CT molecular complexity index is 936. The molecule has 0 radical (unpaired) electrons. The number of carbonyl (C=O) groups excluding carboxylic acids is 2. The first-order valence-corrected chi connectivity index (χ1v) is 9.89. The number of halogens is 1. The van der Waals surface area contributed by atoms with Crippen LogP contribution in [0.2, 0.25) is 0 Å². The second kappa shape index (κ2) is 8.42. The van der Waals surface area contributed by atoms with Crippen molar-refractivity contribution in [2.24, 2.45) is 0 Å². The Hall–Kier alpha value is -2.56. The molecule has 0 spiro atoms. The number of hydrogen-bond donors (Lipinski definition) is 1. The number of nitriles is 1. The van der Waals surface area contributed by atoms with Gasteiger partial charge in [0.1, 0.15) is 16.7 Å². The van der Waals surface area contributed by atoms with E-state index in [4.69, 9.17) is 0 Å². The van der Waals surface area contributed by atoms with Crippen LogP contribution in [-0.4, -0.2) is 24.1 Å². The number of likely N-dealkylation sites (N-methyl/N-ethyl adjacent to an activating group) is 1. The molecule has 1 N–H and O–H groups in total. The molecule has 0 aliphatic carbocycles. The Kier molecular flexibility index (Phi) is 5.99. The van der Waals surface area contributed by atoms with E-state index < -0.39 is 11.2 Å². The number of hydrogen-bond acceptors (Lipinski definition) is 4. The SMILES string of the molecule is CNC(=O)/C(C#N)=C1/S[C@@H](Cc2ccc(Br)cc2)C(=O)N1c1ccccc1. The molecule has 1 saturated heterocycles. The zero-order chi connectivity index (χ0) is 19.4. The van der Waals surface area contributed by atoms with Crippen LogP contribution in [0.4, 0.5) is 5.69 Å². The van der Waals surface area contributed by atoms with Crippen LogP contribution < -0.4 is 10.2 Å². The van der Waals surface area contributed by atoms with E-state index in [1.807, 2.05) is 48.5 Å². The Morgan fingerprint density at radius 1 is 1.22 bits per heavy atom. The molecule has 136 valence electrons. The number of thioether (sulfide) groups is 1. The lowest BCUT2D eigenvalue weighted by atomic mass is 10.1. The van der Waals surface area contributed by atoms with Gasteiger partial charge in [-0.2, -0.15) is 5.26 Å². The number of benzene rings is 2. The van der Waals surface area contributed by atoms with Crippen LogP contribution in [0.1, 0.15) is 5.56 Å². The highest BCUT2D eigenvalue weighted by Gasteiger charge is 2.40. The van der Waals surface area contributed by atoms with Crippen molar-refractivity contribution in [1.82, 2.24) is 5.32 Å². The smallest absolute Gasteiger partial charge is 0.264 e. The molecule has 27 heavy (non-hydrogen) atoms. The lowest BCUT2D eigenvalue weighted by molar-refractivity contribution is -0.117. The van der Waals surface area contributed by atoms with Crippen molar-refractivity contribution in [3.05, 3.63) is 75.2 Å². The summed E-state index contributed by atoms with van der Waals surface area (Å²) in [6.07, 6.45) is 0.510. The molecule has 0 saturated carbocycles. The molecule has 1 aliphatic heterocycles. The number of nitrogens with zero attached hydrogens (tertiary/aromatic N) is 2. The van der Waals surface area contributed by atoms with E-state index in [0.717, 1.165) is 10.0 Å². The van der Waals surface area contributed by atoms with Crippen LogP contribution in [-0.2, 0) is 16.0 Å². The monoisotopic (exact) mass is 441 g/mol. The van der Waals surface area contributed by atoms with E-state index in [1.165, 1.54) is 23.7 Å². The summed E-state index contributed by atoms with van der Waals surface area (Å²) < 4.78 is 0.967. The average molecular weight is 442 g/mol. The normalized spacial score (nSPS) is 18.2. The van der Waals surface area contributed by atoms with Crippen molar-refractivity contribution in [2.75, 3.05) is 11.9 Å². The molecule has 1 atom stereocenters. The fourth-order valence-corrected chi connectivity index (χ4v) is 4.33. The summed E-state index contributed by atoms with van der Waals surface area (Å²) in [5, 5.41) is 12.0. The van der Waals surface area contributed by atoms with Crippen molar-refractivity contribution >= 4 is 45.2 Å². The highest BCUT2D eigenvalue weighted by Crippen LogP contribution is 2.41. The molecule has 1 fully saturated rings. The van der Waals surface area contributed by atoms with Gasteiger partial charge in [0.05, 0.1) is 5.25 Å². The van der Waals surface area contributed by atoms with Gasteiger partial charge in [-0.15, -0.1) is 0 Å². The third kappa shape index (κ3) is 4.07. The molecule has 3 rings (SSSR count). The maximum Gasteiger partial charge on any atom is 0.264 e. The lowest BCUT2D eigenvalue weighted by Crippen LogP contribution is -2.31. The molecular formula is C20H16BrN3O2S. The van der Waals surface area contributed by atoms with Gasteiger partial charge in [-0.05, 0) is 36.2 Å². The van der Waals surface area contributed by atoms with Crippen molar-refractivity contribution in [2.45, 2.75) is 11.7 Å². The second-order valence-corrected chi connectivity index (χ2v) is 7.92. The van der Waals surface area contributed by atoms with E-state index in [1.54, 1.807) is 12.1 Å². The number of amides is 2. The second-order valence-electron chi connectivity index (χ2n) is 5.82. The van der Waals surface area contributed by atoms with Crippen LogP contribution in [0.15, 0.2) is 69.7 Å². The third-order valence-electron chi connectivity index (χ3n) is 4.08. The van der Waals surface area contributed by atoms with E-state index in [-0.39, 0.29) is 11.5 Å². The van der Waals surface area contributed by atoms with Gasteiger partial charge in [0.25, 0.3) is 5.91 Å². The summed E-state index contributed by atoms with van der Waals surface area (Å²) in [4.78, 5) is 26.8. The number of carbonyl (C=O) groups is 2. The van der Waals surface area contributed by atoms with Gasteiger partial charge >= 0.3 is 0 Å². The maximum atomic E-state index is 13.1. The number of nitrogens with one attached hydrogen (secondary N) is 1. The van der Waals surface area contributed by atoms with Gasteiger partial charge in [-0.25, -0.2) is 0 Å². The third-order valence-corrected chi connectivity index (χ3v) is 5.87. The van der Waals surface area contributed by atoms with Crippen LogP contribution in [0.25, 0.3) is 0 Å². The highest BCUT2D eigenvalue weighted by molar-refractivity contribution is 9.10. The molecule has 0 aromatic heterocycles. The summed E-state index contributed by atoms with van der Waals surface area (Å²) in [5.74, 6) is -0.640. The Morgan fingerprint density at radius 3 is 2.48 bits per heavy atom. The summed E-state index contributed by atoms with van der Waals surface area (Å²) in [7, 11) is 1.47. The number of anilines is 1. The zero-order valence-corrected chi connectivity index (χ0v) is 16.9. The van der Waals surface area contributed by atoms with Gasteiger partial charge in [-0.3, -0.25) is 14.5 Å². The topological polar surface area (TPSA) is 73.2 Å². The largest absolute Gasteiger partial charge is 0.354 e. The standard InChI is InChI=1S/C20H16BrN3O2S/c1-23-18(25)16(12-22)20-24(15-5-3-2-4-6-15)19(26)17(27-20)11-13-7-9-14(21)10-8-13/h2-10,17H,11H2,1H3,(H,23,25)/b20-16+/t17-/m0/s1. The van der Waals surface area contributed by atoms with Crippen molar-refractivity contribution in [1.29, 1.82) is 5.26 Å². The summed E-state index contributed by atoms with van der Waals surface area (Å²) in [6, 6.07) is 18.8. The fraction of sp³-hybridized carbons (Fsp3) is 0.150. The van der Waals surface area contributed by atoms with Crippen molar-refractivity contribution in [3.8, 4) is 6.07 Å². The van der Waals surface area contributed by atoms with Crippen molar-refractivity contribution in [3.63, 3.8) is 0 Å². The summed E-state index contributed by atoms with van der Waals surface area (Å²) in [6.45, 7) is 0. The van der Waals surface area contributed by atoms with E-state index in [2.05, 4.69) is 21.2 Å². The van der Waals surface area contributed by atoms with Crippen LogP contribution >= 0.6 is 27.7 Å². The van der Waals surface area contributed by atoms with Gasteiger partial charge in [0.2, 0.25) is 5.91 Å². The number of para-hydroxylation sites is 1. The van der Waals surface area contributed by atoms with E-state index >= 15 is 0 Å². The minimum Gasteiger partial charge on any atom is -0.354 e. The van der Waals surface area contributed by atoms with Crippen LogP contribution in [0, 0.1) is 11.3 Å². The molecule has 0 unspecified atom stereocenters. The van der Waals surface area contributed by atoms with Gasteiger partial charge in [0, 0.05) is 17.2 Å². The summed E-state index contributed by atoms with van der Waals surface area (Å²) >= 11 is 4.66. The van der Waals surface area contributed by atoms with Crippen molar-refractivity contribution < 1.29 is 9.59 Å². The minimum absolute atomic E-state index is 0.0574. The van der Waals surface area contributed by atoms with Gasteiger partial charge < -0.3 is 5.32 Å². The Morgan fingerprint density at radius 2 is 1.89 bits per heavy atom. The molecule has 7 heteroatoms. The Balaban J connectivity index is 2.02. The maximum absolute atomic E-state index is 13.1. The number of rotatable bonds is 4. The van der Waals surface area contributed by atoms with Crippen LogP contribution in [0.3, 0.4) is 0 Å². The highest BCUT2D eigenvalue weighted by atomic mass is 79.9. The predicted octanol–water partition coefficient (Wildman–Crippen LogP) is 3.62. The molecule has 0 bridgehead atoms. The molecule has 1 aliphatic rings. The molecule has 2 amide bonds. The molecule has 5 nitrogen and oxygen atoms in total. The van der Waals surface area contributed by atoms with Gasteiger partial charge in [0.15, 0.2) is 0 Å². The Labute approximate surface area is 170 Å².